The lowest BCUT2D eigenvalue weighted by molar-refractivity contribution is 0.204. The summed E-state index contributed by atoms with van der Waals surface area (Å²) in [6.07, 6.45) is 3.90. The second-order valence-electron chi connectivity index (χ2n) is 5.76. The Kier molecular flexibility index (Phi) is 4.60. The Hall–Kier alpha value is -1.75. The summed E-state index contributed by atoms with van der Waals surface area (Å²) in [6, 6.07) is 8.23. The SMILES string of the molecule is O=C(Nc1ccc(N2CCCCC2)cc1)N1CCNCC1. The first-order chi connectivity index (χ1) is 10.3. The van der Waals surface area contributed by atoms with Crippen LogP contribution in [0.15, 0.2) is 24.3 Å². The number of nitrogens with zero attached hydrogens (tertiary/aromatic N) is 2. The molecule has 0 spiro atoms. The molecule has 5 nitrogen and oxygen atoms in total. The summed E-state index contributed by atoms with van der Waals surface area (Å²) in [5.74, 6) is 0. The van der Waals surface area contributed by atoms with Crippen molar-refractivity contribution in [2.45, 2.75) is 19.3 Å². The van der Waals surface area contributed by atoms with E-state index in [-0.39, 0.29) is 6.03 Å². The normalized spacial score (nSPS) is 19.4. The van der Waals surface area contributed by atoms with Gasteiger partial charge in [0.1, 0.15) is 0 Å². The Morgan fingerprint density at radius 3 is 2.29 bits per heavy atom. The van der Waals surface area contributed by atoms with Crippen molar-refractivity contribution in [3.05, 3.63) is 24.3 Å². The van der Waals surface area contributed by atoms with Gasteiger partial charge in [0.15, 0.2) is 0 Å². The van der Waals surface area contributed by atoms with Gasteiger partial charge in [0.2, 0.25) is 0 Å². The number of benzene rings is 1. The van der Waals surface area contributed by atoms with Gasteiger partial charge in [-0.1, -0.05) is 0 Å². The second kappa shape index (κ2) is 6.80. The van der Waals surface area contributed by atoms with Gasteiger partial charge in [-0.05, 0) is 43.5 Å². The molecule has 2 aliphatic rings. The van der Waals surface area contributed by atoms with Gasteiger partial charge >= 0.3 is 6.03 Å². The van der Waals surface area contributed by atoms with Crippen molar-refractivity contribution in [1.29, 1.82) is 0 Å². The highest BCUT2D eigenvalue weighted by Crippen LogP contribution is 2.21. The number of piperidine rings is 1. The third-order valence-corrected chi connectivity index (χ3v) is 4.24. The summed E-state index contributed by atoms with van der Waals surface area (Å²) in [4.78, 5) is 16.4. The van der Waals surface area contributed by atoms with Gasteiger partial charge in [-0.3, -0.25) is 0 Å². The van der Waals surface area contributed by atoms with Crippen LogP contribution in [-0.4, -0.2) is 50.2 Å². The molecule has 0 radical (unpaired) electrons. The maximum Gasteiger partial charge on any atom is 0.321 e. The number of hydrogen-bond acceptors (Lipinski definition) is 3. The molecule has 2 aliphatic heterocycles. The first-order valence-electron chi connectivity index (χ1n) is 7.94. The van der Waals surface area contributed by atoms with Crippen molar-refractivity contribution in [3.8, 4) is 0 Å². The average Bonchev–Trinajstić information content (AvgIpc) is 2.57. The van der Waals surface area contributed by atoms with E-state index in [2.05, 4.69) is 27.7 Å². The molecule has 21 heavy (non-hydrogen) atoms. The monoisotopic (exact) mass is 288 g/mol. The fourth-order valence-electron chi connectivity index (χ4n) is 2.98. The minimum atomic E-state index is 0.00206. The van der Waals surface area contributed by atoms with E-state index in [1.165, 1.54) is 24.9 Å². The highest BCUT2D eigenvalue weighted by atomic mass is 16.2. The third-order valence-electron chi connectivity index (χ3n) is 4.24. The van der Waals surface area contributed by atoms with E-state index in [0.717, 1.165) is 45.0 Å². The maximum absolute atomic E-state index is 12.1. The van der Waals surface area contributed by atoms with Crippen LogP contribution in [0.4, 0.5) is 16.2 Å². The lowest BCUT2D eigenvalue weighted by Gasteiger charge is -2.29. The zero-order valence-corrected chi connectivity index (χ0v) is 12.5. The topological polar surface area (TPSA) is 47.6 Å². The molecule has 2 fully saturated rings. The molecule has 0 aromatic heterocycles. The summed E-state index contributed by atoms with van der Waals surface area (Å²) in [5.41, 5.74) is 2.13. The van der Waals surface area contributed by atoms with Crippen molar-refractivity contribution >= 4 is 17.4 Å². The van der Waals surface area contributed by atoms with Crippen molar-refractivity contribution in [2.24, 2.45) is 0 Å². The van der Waals surface area contributed by atoms with E-state index in [1.54, 1.807) is 0 Å². The lowest BCUT2D eigenvalue weighted by Crippen LogP contribution is -2.48. The number of hydrogen-bond donors (Lipinski definition) is 2. The standard InChI is InChI=1S/C16H24N4O/c21-16(20-12-8-17-9-13-20)18-14-4-6-15(7-5-14)19-10-2-1-3-11-19/h4-7,17H,1-3,8-13H2,(H,18,21). The predicted octanol–water partition coefficient (Wildman–Crippen LogP) is 2.11. The highest BCUT2D eigenvalue weighted by molar-refractivity contribution is 5.89. The Morgan fingerprint density at radius 2 is 1.62 bits per heavy atom. The number of carbonyl (C=O) groups excluding carboxylic acids is 1. The molecule has 2 amide bonds. The largest absolute Gasteiger partial charge is 0.372 e. The third kappa shape index (κ3) is 3.67. The first-order valence-corrected chi connectivity index (χ1v) is 7.94. The quantitative estimate of drug-likeness (QED) is 0.876. The minimum absolute atomic E-state index is 0.00206. The van der Waals surface area contributed by atoms with Crippen LogP contribution in [0.3, 0.4) is 0 Å². The van der Waals surface area contributed by atoms with E-state index in [9.17, 15) is 4.79 Å². The Labute approximate surface area is 126 Å². The molecule has 114 valence electrons. The molecular formula is C16H24N4O. The van der Waals surface area contributed by atoms with Crippen molar-refractivity contribution in [3.63, 3.8) is 0 Å². The lowest BCUT2D eigenvalue weighted by atomic mass is 10.1. The van der Waals surface area contributed by atoms with Crippen molar-refractivity contribution in [1.82, 2.24) is 10.2 Å². The molecular weight excluding hydrogens is 264 g/mol. The zero-order chi connectivity index (χ0) is 14.5. The molecule has 0 bridgehead atoms. The molecule has 2 N–H and O–H groups in total. The second-order valence-corrected chi connectivity index (χ2v) is 5.76. The number of nitrogens with one attached hydrogen (secondary N) is 2. The van der Waals surface area contributed by atoms with E-state index in [1.807, 2.05) is 17.0 Å². The van der Waals surface area contributed by atoms with Crippen LogP contribution >= 0.6 is 0 Å². The maximum atomic E-state index is 12.1. The Bertz CT molecular complexity index is 462. The van der Waals surface area contributed by atoms with Gasteiger partial charge in [0.05, 0.1) is 0 Å². The molecule has 5 heteroatoms. The van der Waals surface area contributed by atoms with Gasteiger partial charge in [0, 0.05) is 50.6 Å². The molecule has 1 aromatic carbocycles. The molecule has 3 rings (SSSR count). The van der Waals surface area contributed by atoms with Crippen LogP contribution in [-0.2, 0) is 0 Å². The summed E-state index contributed by atoms with van der Waals surface area (Å²) >= 11 is 0. The number of anilines is 2. The van der Waals surface area contributed by atoms with E-state index in [4.69, 9.17) is 0 Å². The molecule has 0 atom stereocenters. The number of amides is 2. The molecule has 0 saturated carbocycles. The van der Waals surface area contributed by atoms with Gasteiger partial charge in [-0.25, -0.2) is 4.79 Å². The van der Waals surface area contributed by atoms with E-state index < -0.39 is 0 Å². The number of piperazine rings is 1. The summed E-state index contributed by atoms with van der Waals surface area (Å²) in [6.45, 7) is 5.59. The van der Waals surface area contributed by atoms with Gasteiger partial charge in [0.25, 0.3) is 0 Å². The smallest absolute Gasteiger partial charge is 0.321 e. The number of rotatable bonds is 2. The molecule has 2 heterocycles. The van der Waals surface area contributed by atoms with Crippen LogP contribution < -0.4 is 15.5 Å². The fraction of sp³-hybridized carbons (Fsp3) is 0.562. The minimum Gasteiger partial charge on any atom is -0.372 e. The van der Waals surface area contributed by atoms with Crippen LogP contribution in [0.5, 0.6) is 0 Å². The Balaban J connectivity index is 1.57. The molecule has 1 aromatic rings. The predicted molar refractivity (Wildman–Crippen MR) is 86.0 cm³/mol. The summed E-state index contributed by atoms with van der Waals surface area (Å²) in [5, 5.41) is 6.23. The first kappa shape index (κ1) is 14.2. The summed E-state index contributed by atoms with van der Waals surface area (Å²) in [7, 11) is 0. The zero-order valence-electron chi connectivity index (χ0n) is 12.5. The molecule has 0 unspecified atom stereocenters. The Morgan fingerprint density at radius 1 is 0.952 bits per heavy atom. The van der Waals surface area contributed by atoms with Crippen molar-refractivity contribution < 1.29 is 4.79 Å². The molecule has 2 saturated heterocycles. The number of carbonyl (C=O) groups is 1. The summed E-state index contributed by atoms with van der Waals surface area (Å²) < 4.78 is 0. The van der Waals surface area contributed by atoms with Crippen LogP contribution in [0.25, 0.3) is 0 Å². The van der Waals surface area contributed by atoms with Gasteiger partial charge in [-0.15, -0.1) is 0 Å². The van der Waals surface area contributed by atoms with Gasteiger partial charge < -0.3 is 20.4 Å². The van der Waals surface area contributed by atoms with E-state index in [0.29, 0.717) is 0 Å². The number of urea groups is 1. The van der Waals surface area contributed by atoms with Gasteiger partial charge in [-0.2, -0.15) is 0 Å². The van der Waals surface area contributed by atoms with E-state index >= 15 is 0 Å². The highest BCUT2D eigenvalue weighted by Gasteiger charge is 2.16. The van der Waals surface area contributed by atoms with Crippen LogP contribution in [0.1, 0.15) is 19.3 Å². The van der Waals surface area contributed by atoms with Crippen LogP contribution in [0, 0.1) is 0 Å². The fourth-order valence-corrected chi connectivity index (χ4v) is 2.98. The molecule has 0 aliphatic carbocycles. The van der Waals surface area contributed by atoms with Crippen LogP contribution in [0.2, 0.25) is 0 Å². The van der Waals surface area contributed by atoms with Crippen molar-refractivity contribution in [2.75, 3.05) is 49.5 Å². The average molecular weight is 288 g/mol.